The number of ether oxygens (including phenoxy) is 7. The van der Waals surface area contributed by atoms with Gasteiger partial charge in [0.15, 0.2) is 17.6 Å². The number of rotatable bonds is 24. The highest BCUT2D eigenvalue weighted by molar-refractivity contribution is 8.01. The predicted octanol–water partition coefficient (Wildman–Crippen LogP) is 14.8. The van der Waals surface area contributed by atoms with Crippen molar-refractivity contribution in [3.8, 4) is 11.5 Å². The third kappa shape index (κ3) is 25.1. The first-order chi connectivity index (χ1) is 49.0. The van der Waals surface area contributed by atoms with Gasteiger partial charge in [0.2, 0.25) is 0 Å². The van der Waals surface area contributed by atoms with E-state index in [0.29, 0.717) is 63.6 Å². The zero-order valence-electron chi connectivity index (χ0n) is 59.1. The molecule has 5 N–H and O–H groups in total. The number of fused-ring (bicyclic) bond motifs is 2. The van der Waals surface area contributed by atoms with Crippen LogP contribution in [0.4, 0.5) is 14.4 Å². The zero-order valence-corrected chi connectivity index (χ0v) is 63.1. The van der Waals surface area contributed by atoms with Crippen LogP contribution in [0.25, 0.3) is 0 Å². The highest BCUT2D eigenvalue weighted by Gasteiger charge is 2.57. The number of nitrogens with two attached hydrogens (primary N) is 1. The summed E-state index contributed by atoms with van der Waals surface area (Å²) < 4.78 is 36.7. The van der Waals surface area contributed by atoms with E-state index in [-0.39, 0.29) is 47.5 Å². The van der Waals surface area contributed by atoms with Crippen LogP contribution in [0.5, 0.6) is 11.5 Å². The molecule has 0 bridgehead atoms. The molecule has 2 heterocycles. The molecule has 0 radical (unpaired) electrons. The van der Waals surface area contributed by atoms with Crippen molar-refractivity contribution in [2.45, 2.75) is 125 Å². The Morgan fingerprint density at radius 2 is 0.942 bits per heavy atom. The maximum Gasteiger partial charge on any atom is 0.408 e. The summed E-state index contributed by atoms with van der Waals surface area (Å²) >= 11 is 11.4. The Morgan fingerprint density at radius 3 is 1.32 bits per heavy atom. The Hall–Kier alpha value is -8.52. The molecule has 103 heavy (non-hydrogen) atoms. The van der Waals surface area contributed by atoms with E-state index >= 15 is 0 Å². The van der Waals surface area contributed by atoms with Crippen LogP contribution in [-0.4, -0.2) is 130 Å². The number of aliphatic carboxylic acids is 1. The van der Waals surface area contributed by atoms with Crippen molar-refractivity contribution in [3.05, 3.63) is 214 Å². The van der Waals surface area contributed by atoms with E-state index in [2.05, 4.69) is 15.4 Å². The van der Waals surface area contributed by atoms with Crippen molar-refractivity contribution in [2.75, 3.05) is 43.8 Å². The number of carboxylic acid groups (broad SMARTS) is 1. The summed E-state index contributed by atoms with van der Waals surface area (Å²) in [6.07, 6.45) is -1.53. The average Bonchev–Trinajstić information content (AvgIpc) is 0.739. The number of esters is 2. The molecule has 4 aliphatic rings. The minimum Gasteiger partial charge on any atom is -0.497 e. The zero-order chi connectivity index (χ0) is 75.0. The Morgan fingerprint density at radius 1 is 0.553 bits per heavy atom. The van der Waals surface area contributed by atoms with Crippen LogP contribution in [-0.2, 0) is 65.7 Å². The smallest absolute Gasteiger partial charge is 0.408 e. The summed E-state index contributed by atoms with van der Waals surface area (Å²) in [6.45, 7) is 14.9. The van der Waals surface area contributed by atoms with Gasteiger partial charge in [0.25, 0.3) is 0 Å². The molecule has 2 saturated carbocycles. The van der Waals surface area contributed by atoms with Gasteiger partial charge in [0.1, 0.15) is 47.7 Å². The number of benzene rings is 6. The van der Waals surface area contributed by atoms with Crippen LogP contribution in [0.2, 0.25) is 0 Å². The van der Waals surface area contributed by atoms with Crippen LogP contribution in [0.1, 0.15) is 96.1 Å². The summed E-state index contributed by atoms with van der Waals surface area (Å²) in [7, 11) is 3.19. The van der Waals surface area contributed by atoms with E-state index in [1.807, 2.05) is 117 Å². The van der Waals surface area contributed by atoms with Crippen molar-refractivity contribution < 1.29 is 81.4 Å². The number of nitrogens with one attached hydrogen (secondary N) is 2. The Kier molecular flexibility index (Phi) is 31.3. The summed E-state index contributed by atoms with van der Waals surface area (Å²) in [4.78, 5) is 114. The molecule has 548 valence electrons. The van der Waals surface area contributed by atoms with Crippen LogP contribution in [0.15, 0.2) is 202 Å². The molecule has 8 atom stereocenters. The fourth-order valence-electron chi connectivity index (χ4n) is 10.9. The number of carboxylic acids is 1. The van der Waals surface area contributed by atoms with E-state index in [9.17, 15) is 43.2 Å². The number of methoxy groups -OCH3 is 2. The summed E-state index contributed by atoms with van der Waals surface area (Å²) in [5.74, 6) is -0.0288. The largest absolute Gasteiger partial charge is 0.497 e. The fraction of sp³-hybridized carbons (Fsp3) is 0.372. The lowest BCUT2D eigenvalue weighted by Gasteiger charge is -2.46. The first-order valence-corrected chi connectivity index (χ1v) is 37.6. The Bertz CT molecular complexity index is 3930. The molecule has 0 aromatic heterocycles. The normalized spacial score (nSPS) is 18.5. The summed E-state index contributed by atoms with van der Waals surface area (Å²) in [6, 6.07) is 49.4. The molecule has 10 rings (SSSR count). The highest BCUT2D eigenvalue weighted by atomic mass is 35.5. The van der Waals surface area contributed by atoms with Crippen LogP contribution in [0.3, 0.4) is 0 Å². The van der Waals surface area contributed by atoms with Gasteiger partial charge >= 0.3 is 35.5 Å². The van der Waals surface area contributed by atoms with Gasteiger partial charge in [0.05, 0.1) is 38.7 Å². The molecule has 25 heteroatoms. The number of hydrogen-bond acceptors (Lipinski definition) is 21. The van der Waals surface area contributed by atoms with Crippen molar-refractivity contribution in [3.63, 3.8) is 0 Å². The van der Waals surface area contributed by atoms with Crippen molar-refractivity contribution in [1.29, 1.82) is 0 Å². The van der Waals surface area contributed by atoms with Crippen LogP contribution < -0.4 is 25.8 Å². The standard InChI is InChI=1S/C37H39NO7S2.C23H23NO4S2.C13H17NO4.C5H9ClO2/c1-37(2,3)45-36(42)38-32(24-11-7-5-8-12-24)29(39)19-28-33(40)31-30(35(41)44-20-23-15-17-26(43-4)18-16-23)25(22-47-34(28)31)21-46-27-13-9-6-10-14-27;1-27-16-9-7-14(8-10-16)11-28-23(26)18-15(12-29-17-5-3-2-4-6-17)13-30-22-19(18)21(25)20(22)24;1-13(2,3)18-12(17)14-10(11(15)16)9-7-5-4-6-8-9;1-4(2)3-8-5(6)7/h5-18,28,31-32,34H,19-22H2,1-4H3,(H,38,42);2-10,19-20,22H,11-13,24H2,1H3;4-8,10H,1-3H3,(H,14,17)(H,15,16);4H,3H2,1-2H3/t28-,31?,32-,34-;19?,20-,22+;10-;/m111./s1. The SMILES string of the molecule is CC(C)(C)OC(=O)N[C@@H](C(=O)O)c1ccccc1.CC(C)COC(=O)Cl.COc1ccc(COC(=O)C2=C(CSc3ccccc3)CS[C@H]3C2C(=O)[C@H]3CC(=O)[C@H](NC(=O)OC(C)(C)C)c2ccccc2)cc1.COc1ccc(COC(=O)C2=C(CSc3ccccc3)CS[C@H]3C2C(=O)[C@H]3N)cc1. The molecule has 0 saturated heterocycles. The lowest BCUT2D eigenvalue weighted by Crippen LogP contribution is -2.62. The van der Waals surface area contributed by atoms with Crippen molar-refractivity contribution in [2.24, 2.45) is 29.4 Å². The van der Waals surface area contributed by atoms with Gasteiger partial charge in [0, 0.05) is 78.4 Å². The lowest BCUT2D eigenvalue weighted by molar-refractivity contribution is -0.145. The highest BCUT2D eigenvalue weighted by Crippen LogP contribution is 2.52. The van der Waals surface area contributed by atoms with Crippen molar-refractivity contribution in [1.82, 2.24) is 10.6 Å². The van der Waals surface area contributed by atoms with E-state index in [1.165, 1.54) is 0 Å². The van der Waals surface area contributed by atoms with E-state index < -0.39 is 82.6 Å². The summed E-state index contributed by atoms with van der Waals surface area (Å²) in [5, 5.41) is 13.9. The van der Waals surface area contributed by atoms with Gasteiger partial charge in [-0.15, -0.1) is 23.5 Å². The fourth-order valence-corrected chi connectivity index (χ4v) is 16.2. The van der Waals surface area contributed by atoms with Crippen LogP contribution >= 0.6 is 58.6 Å². The first kappa shape index (κ1) is 81.8. The molecule has 6 aromatic rings. The van der Waals surface area contributed by atoms with Gasteiger partial charge in [-0.05, 0) is 129 Å². The van der Waals surface area contributed by atoms with E-state index in [1.54, 1.807) is 170 Å². The van der Waals surface area contributed by atoms with Gasteiger partial charge in [-0.3, -0.25) is 14.4 Å². The molecular weight excluding hydrogens is 1410 g/mol. The number of alkyl carbamates (subject to hydrolysis) is 2. The second-order valence-corrected chi connectivity index (χ2v) is 31.2. The molecule has 0 spiro atoms. The third-order valence-electron chi connectivity index (χ3n) is 15.9. The number of carbonyl (C=O) groups is 9. The minimum atomic E-state index is -1.13. The quantitative estimate of drug-likeness (QED) is 0.0189. The molecule has 2 amide bonds. The number of carbonyl (C=O) groups excluding carboxylic acids is 8. The lowest BCUT2D eigenvalue weighted by atomic mass is 9.65. The van der Waals surface area contributed by atoms with Crippen LogP contribution in [0, 0.1) is 23.7 Å². The topological polar surface area (TPSA) is 289 Å². The monoisotopic (exact) mass is 1500 g/mol. The van der Waals surface area contributed by atoms with E-state index in [4.69, 9.17) is 50.9 Å². The average molecular weight is 1500 g/mol. The Balaban J connectivity index is 0.000000225. The Labute approximate surface area is 623 Å². The first-order valence-electron chi connectivity index (χ1n) is 33.2. The maximum atomic E-state index is 13.8. The molecule has 2 fully saturated rings. The number of thioether (sulfide) groups is 4. The van der Waals surface area contributed by atoms with E-state index in [0.717, 1.165) is 37.8 Å². The number of amides is 2. The second-order valence-electron chi connectivity index (χ2n) is 26.5. The maximum absolute atomic E-state index is 13.8. The van der Waals surface area contributed by atoms with Gasteiger partial charge in [-0.1, -0.05) is 135 Å². The molecule has 2 aliphatic carbocycles. The van der Waals surface area contributed by atoms with Gasteiger partial charge < -0.3 is 54.6 Å². The number of Topliss-reactive ketones (excluding diaryl/α,β-unsaturated/α-hetero) is 3. The molecular formula is C78H88ClN3O17S4. The molecule has 2 aliphatic heterocycles. The predicted molar refractivity (Wildman–Crippen MR) is 401 cm³/mol. The minimum absolute atomic E-state index is 0.0356. The number of hydrogen-bond donors (Lipinski definition) is 4. The number of halogens is 1. The molecule has 20 nitrogen and oxygen atoms in total. The molecule has 6 aromatic carbocycles. The van der Waals surface area contributed by atoms with Gasteiger partial charge in [-0.25, -0.2) is 28.8 Å². The summed E-state index contributed by atoms with van der Waals surface area (Å²) in [5.41, 5.74) is 9.38. The molecule has 2 unspecified atom stereocenters. The number of ketones is 3. The third-order valence-corrected chi connectivity index (χ3v) is 21.2. The van der Waals surface area contributed by atoms with Crippen molar-refractivity contribution >= 4 is 112 Å². The second kappa shape index (κ2) is 39.4. The van der Waals surface area contributed by atoms with Gasteiger partial charge in [-0.2, -0.15) is 23.5 Å².